The molecular formula is C14H20BrNO3. The van der Waals surface area contributed by atoms with Crippen LogP contribution in [0.4, 0.5) is 0 Å². The van der Waals surface area contributed by atoms with Crippen LogP contribution in [0.1, 0.15) is 32.3 Å². The number of unbranched alkanes of at least 4 members (excludes halogenated alkanes) is 1. The minimum atomic E-state index is -0.596. The van der Waals surface area contributed by atoms with Crippen LogP contribution < -0.4 is 10.1 Å². The molecule has 0 radical (unpaired) electrons. The van der Waals surface area contributed by atoms with Crippen molar-refractivity contribution in [3.8, 4) is 5.75 Å². The van der Waals surface area contributed by atoms with Crippen LogP contribution in [0.3, 0.4) is 0 Å². The molecule has 0 saturated carbocycles. The van der Waals surface area contributed by atoms with Crippen molar-refractivity contribution in [3.63, 3.8) is 0 Å². The van der Waals surface area contributed by atoms with Gasteiger partial charge in [-0.2, -0.15) is 0 Å². The molecule has 0 saturated heterocycles. The molecule has 0 aliphatic heterocycles. The molecule has 1 aromatic rings. The largest absolute Gasteiger partial charge is 0.479 e. The number of aliphatic hydroxyl groups is 1. The van der Waals surface area contributed by atoms with E-state index in [0.29, 0.717) is 17.9 Å². The van der Waals surface area contributed by atoms with E-state index in [1.807, 2.05) is 12.1 Å². The summed E-state index contributed by atoms with van der Waals surface area (Å²) >= 11 is 3.36. The summed E-state index contributed by atoms with van der Waals surface area (Å²) < 4.78 is 6.37. The standard InChI is InChI=1S/C14H20BrNO3/c1-3-4-8-16-14(18)10(2)19-13-11(9-17)6-5-7-12(13)15/h5-7,10,17H,3-4,8-9H2,1-2H3,(H,16,18). The topological polar surface area (TPSA) is 58.6 Å². The van der Waals surface area contributed by atoms with Crippen molar-refractivity contribution in [1.82, 2.24) is 5.32 Å². The molecule has 1 aromatic carbocycles. The second kappa shape index (κ2) is 8.17. The number of aliphatic hydroxyl groups excluding tert-OH is 1. The zero-order chi connectivity index (χ0) is 14.3. The fourth-order valence-corrected chi connectivity index (χ4v) is 2.07. The van der Waals surface area contributed by atoms with Gasteiger partial charge in [-0.05, 0) is 35.3 Å². The number of halogens is 1. The maximum absolute atomic E-state index is 11.8. The van der Waals surface area contributed by atoms with Crippen LogP contribution >= 0.6 is 15.9 Å². The number of hydrogen-bond acceptors (Lipinski definition) is 3. The summed E-state index contributed by atoms with van der Waals surface area (Å²) in [6, 6.07) is 5.40. The first-order valence-electron chi connectivity index (χ1n) is 6.42. The van der Waals surface area contributed by atoms with Crippen molar-refractivity contribution in [1.29, 1.82) is 0 Å². The molecule has 1 atom stereocenters. The molecule has 0 bridgehead atoms. The van der Waals surface area contributed by atoms with Gasteiger partial charge in [0.25, 0.3) is 5.91 Å². The first-order valence-corrected chi connectivity index (χ1v) is 7.22. The minimum Gasteiger partial charge on any atom is -0.479 e. The maximum atomic E-state index is 11.8. The van der Waals surface area contributed by atoms with E-state index in [-0.39, 0.29) is 12.5 Å². The summed E-state index contributed by atoms with van der Waals surface area (Å²) in [5, 5.41) is 12.1. The Morgan fingerprint density at radius 3 is 2.89 bits per heavy atom. The molecule has 1 unspecified atom stereocenters. The average molecular weight is 330 g/mol. The van der Waals surface area contributed by atoms with Gasteiger partial charge in [0.15, 0.2) is 6.10 Å². The first-order chi connectivity index (χ1) is 9.10. The Morgan fingerprint density at radius 1 is 1.53 bits per heavy atom. The van der Waals surface area contributed by atoms with Crippen molar-refractivity contribution in [2.24, 2.45) is 0 Å². The molecule has 0 fully saturated rings. The monoisotopic (exact) mass is 329 g/mol. The summed E-state index contributed by atoms with van der Waals surface area (Å²) in [7, 11) is 0. The molecular weight excluding hydrogens is 310 g/mol. The third-order valence-corrected chi connectivity index (χ3v) is 3.34. The molecule has 106 valence electrons. The van der Waals surface area contributed by atoms with E-state index in [1.165, 1.54) is 0 Å². The van der Waals surface area contributed by atoms with E-state index in [4.69, 9.17) is 4.74 Å². The van der Waals surface area contributed by atoms with Crippen molar-refractivity contribution in [2.45, 2.75) is 39.4 Å². The third kappa shape index (κ3) is 4.84. The summed E-state index contributed by atoms with van der Waals surface area (Å²) in [5.41, 5.74) is 0.655. The fraction of sp³-hybridized carbons (Fsp3) is 0.500. The van der Waals surface area contributed by atoms with Crippen LogP contribution in [0.5, 0.6) is 5.75 Å². The highest BCUT2D eigenvalue weighted by Gasteiger charge is 2.17. The second-order valence-corrected chi connectivity index (χ2v) is 5.15. The second-order valence-electron chi connectivity index (χ2n) is 4.29. The number of carbonyl (C=O) groups is 1. The molecule has 2 N–H and O–H groups in total. The van der Waals surface area contributed by atoms with Crippen LogP contribution in [0.25, 0.3) is 0 Å². The van der Waals surface area contributed by atoms with Crippen LogP contribution in [0.15, 0.2) is 22.7 Å². The van der Waals surface area contributed by atoms with Crippen molar-refractivity contribution in [3.05, 3.63) is 28.2 Å². The molecule has 1 amide bonds. The number of rotatable bonds is 7. The average Bonchev–Trinajstić information content (AvgIpc) is 2.41. The normalized spacial score (nSPS) is 12.0. The summed E-state index contributed by atoms with van der Waals surface area (Å²) in [4.78, 5) is 11.8. The Morgan fingerprint density at radius 2 is 2.26 bits per heavy atom. The Labute approximate surface area is 122 Å². The zero-order valence-corrected chi connectivity index (χ0v) is 12.9. The number of para-hydroxylation sites is 1. The molecule has 19 heavy (non-hydrogen) atoms. The molecule has 0 aliphatic carbocycles. The lowest BCUT2D eigenvalue weighted by molar-refractivity contribution is -0.127. The highest BCUT2D eigenvalue weighted by Crippen LogP contribution is 2.30. The predicted molar refractivity (Wildman–Crippen MR) is 78.1 cm³/mol. The van der Waals surface area contributed by atoms with Crippen molar-refractivity contribution in [2.75, 3.05) is 6.54 Å². The predicted octanol–water partition coefficient (Wildman–Crippen LogP) is 2.63. The van der Waals surface area contributed by atoms with Gasteiger partial charge in [-0.15, -0.1) is 0 Å². The van der Waals surface area contributed by atoms with Gasteiger partial charge in [0.05, 0.1) is 11.1 Å². The van der Waals surface area contributed by atoms with E-state index in [2.05, 4.69) is 28.2 Å². The van der Waals surface area contributed by atoms with Gasteiger partial charge in [0, 0.05) is 12.1 Å². The van der Waals surface area contributed by atoms with Crippen LogP contribution in [0, 0.1) is 0 Å². The molecule has 5 heteroatoms. The molecule has 0 spiro atoms. The van der Waals surface area contributed by atoms with Gasteiger partial charge in [0.1, 0.15) is 5.75 Å². The third-order valence-electron chi connectivity index (χ3n) is 2.71. The lowest BCUT2D eigenvalue weighted by Gasteiger charge is -2.17. The van der Waals surface area contributed by atoms with E-state index in [1.54, 1.807) is 13.0 Å². The quantitative estimate of drug-likeness (QED) is 0.756. The number of ether oxygens (including phenoxy) is 1. The molecule has 0 heterocycles. The minimum absolute atomic E-state index is 0.126. The number of hydrogen-bond donors (Lipinski definition) is 2. The highest BCUT2D eigenvalue weighted by molar-refractivity contribution is 9.10. The lowest BCUT2D eigenvalue weighted by atomic mass is 10.2. The van der Waals surface area contributed by atoms with E-state index in [9.17, 15) is 9.90 Å². The van der Waals surface area contributed by atoms with Crippen molar-refractivity contribution < 1.29 is 14.6 Å². The SMILES string of the molecule is CCCCNC(=O)C(C)Oc1c(Br)cccc1CO. The van der Waals surface area contributed by atoms with Gasteiger partial charge in [0.2, 0.25) is 0 Å². The van der Waals surface area contributed by atoms with Crippen LogP contribution in [0.2, 0.25) is 0 Å². The maximum Gasteiger partial charge on any atom is 0.260 e. The number of amides is 1. The van der Waals surface area contributed by atoms with Gasteiger partial charge >= 0.3 is 0 Å². The van der Waals surface area contributed by atoms with E-state index < -0.39 is 6.10 Å². The first kappa shape index (κ1) is 16.0. The van der Waals surface area contributed by atoms with Gasteiger partial charge in [-0.25, -0.2) is 0 Å². The Balaban J connectivity index is 2.66. The Kier molecular flexibility index (Phi) is 6.87. The Bertz CT molecular complexity index is 423. The molecule has 1 rings (SSSR count). The number of carbonyl (C=O) groups excluding carboxylic acids is 1. The van der Waals surface area contributed by atoms with Gasteiger partial charge in [-0.1, -0.05) is 25.5 Å². The van der Waals surface area contributed by atoms with Crippen LogP contribution in [-0.4, -0.2) is 23.7 Å². The summed E-state index contributed by atoms with van der Waals surface area (Å²) in [6.07, 6.45) is 1.39. The smallest absolute Gasteiger partial charge is 0.260 e. The summed E-state index contributed by atoms with van der Waals surface area (Å²) in [5.74, 6) is 0.372. The molecule has 0 aromatic heterocycles. The number of benzene rings is 1. The van der Waals surface area contributed by atoms with Gasteiger partial charge in [-0.3, -0.25) is 4.79 Å². The molecule has 0 aliphatic rings. The fourth-order valence-electron chi connectivity index (χ4n) is 1.57. The Hall–Kier alpha value is -1.07. The highest BCUT2D eigenvalue weighted by atomic mass is 79.9. The van der Waals surface area contributed by atoms with Gasteiger partial charge < -0.3 is 15.2 Å². The van der Waals surface area contributed by atoms with Crippen molar-refractivity contribution >= 4 is 21.8 Å². The zero-order valence-electron chi connectivity index (χ0n) is 11.3. The van der Waals surface area contributed by atoms with E-state index in [0.717, 1.165) is 17.3 Å². The van der Waals surface area contributed by atoms with Crippen LogP contribution in [-0.2, 0) is 11.4 Å². The summed E-state index contributed by atoms with van der Waals surface area (Å²) in [6.45, 7) is 4.30. The van der Waals surface area contributed by atoms with E-state index >= 15 is 0 Å². The molecule has 4 nitrogen and oxygen atoms in total. The lowest BCUT2D eigenvalue weighted by Crippen LogP contribution is -2.37. The number of nitrogens with one attached hydrogen (secondary N) is 1.